The summed E-state index contributed by atoms with van der Waals surface area (Å²) >= 11 is 6.03. The number of para-hydroxylation sites is 3. The minimum Gasteiger partial charge on any atom is -0.481 e. The van der Waals surface area contributed by atoms with Gasteiger partial charge >= 0.3 is 5.97 Å². The molecule has 32 heavy (non-hydrogen) atoms. The van der Waals surface area contributed by atoms with Gasteiger partial charge in [0, 0.05) is 18.1 Å². The number of aliphatic carboxylic acids is 1. The van der Waals surface area contributed by atoms with Gasteiger partial charge in [0.2, 0.25) is 0 Å². The molecule has 0 aliphatic rings. The van der Waals surface area contributed by atoms with Crippen molar-refractivity contribution in [3.05, 3.63) is 89.4 Å². The Kier molecular flexibility index (Phi) is 8.52. The first-order valence-electron chi connectivity index (χ1n) is 10.2. The lowest BCUT2D eigenvalue weighted by Gasteiger charge is -2.22. The molecule has 0 aliphatic carbocycles. The Labute approximate surface area is 192 Å². The average Bonchev–Trinajstić information content (AvgIpc) is 2.79. The maximum atomic E-state index is 12.8. The maximum absolute atomic E-state index is 12.8. The van der Waals surface area contributed by atoms with Crippen LogP contribution in [-0.2, 0) is 16.0 Å². The van der Waals surface area contributed by atoms with Crippen molar-refractivity contribution >= 4 is 23.5 Å². The third kappa shape index (κ3) is 7.32. The molecule has 0 bridgehead atoms. The molecule has 3 rings (SSSR count). The third-order valence-electron chi connectivity index (χ3n) is 4.68. The van der Waals surface area contributed by atoms with Gasteiger partial charge in [-0.15, -0.1) is 0 Å². The highest BCUT2D eigenvalue weighted by atomic mass is 35.5. The lowest BCUT2D eigenvalue weighted by molar-refractivity contribution is -0.139. The lowest BCUT2D eigenvalue weighted by atomic mass is 10.1. The summed E-state index contributed by atoms with van der Waals surface area (Å²) < 4.78 is 11.6. The van der Waals surface area contributed by atoms with Crippen LogP contribution in [0.4, 0.5) is 0 Å². The summed E-state index contributed by atoms with van der Waals surface area (Å²) in [4.78, 5) is 25.4. The molecule has 0 unspecified atom stereocenters. The monoisotopic (exact) mass is 453 g/mol. The summed E-state index contributed by atoms with van der Waals surface area (Å²) in [6.45, 7) is 0.225. The van der Waals surface area contributed by atoms with E-state index in [1.165, 1.54) is 4.90 Å². The normalized spacial score (nSPS) is 10.4. The van der Waals surface area contributed by atoms with E-state index in [2.05, 4.69) is 0 Å². The first kappa shape index (κ1) is 23.2. The van der Waals surface area contributed by atoms with Crippen LogP contribution in [0, 0.1) is 0 Å². The highest BCUT2D eigenvalue weighted by Gasteiger charge is 2.17. The van der Waals surface area contributed by atoms with Crippen LogP contribution in [0.2, 0.25) is 5.02 Å². The topological polar surface area (TPSA) is 76.1 Å². The molecule has 0 aromatic heterocycles. The van der Waals surface area contributed by atoms with E-state index in [1.807, 2.05) is 54.6 Å². The van der Waals surface area contributed by atoms with Crippen LogP contribution in [0.15, 0.2) is 78.9 Å². The molecule has 0 saturated heterocycles. The summed E-state index contributed by atoms with van der Waals surface area (Å²) in [6, 6.07) is 23.7. The number of halogens is 1. The van der Waals surface area contributed by atoms with Crippen LogP contribution < -0.4 is 9.47 Å². The zero-order valence-electron chi connectivity index (χ0n) is 17.4. The lowest BCUT2D eigenvalue weighted by Crippen LogP contribution is -2.38. The van der Waals surface area contributed by atoms with Gasteiger partial charge < -0.3 is 19.5 Å². The second-order valence-corrected chi connectivity index (χ2v) is 7.49. The summed E-state index contributed by atoms with van der Waals surface area (Å²) in [5.74, 6) is 0.301. The molecule has 0 heterocycles. The third-order valence-corrected chi connectivity index (χ3v) is 4.91. The molecule has 0 aliphatic heterocycles. The van der Waals surface area contributed by atoms with E-state index in [-0.39, 0.29) is 25.5 Å². The van der Waals surface area contributed by atoms with Crippen molar-refractivity contribution in [3.8, 4) is 17.2 Å². The van der Waals surface area contributed by atoms with Crippen molar-refractivity contribution < 1.29 is 24.2 Å². The molecule has 0 radical (unpaired) electrons. The summed E-state index contributed by atoms with van der Waals surface area (Å²) in [5, 5.41) is 9.66. The number of amides is 1. The predicted molar refractivity (Wildman–Crippen MR) is 122 cm³/mol. The predicted octanol–water partition coefficient (Wildman–Crippen LogP) is 5.06. The number of hydrogen-bond acceptors (Lipinski definition) is 4. The Balaban J connectivity index is 1.63. The van der Waals surface area contributed by atoms with Crippen molar-refractivity contribution in [2.75, 3.05) is 19.7 Å². The summed E-state index contributed by atoms with van der Waals surface area (Å²) in [7, 11) is 0. The second-order valence-electron chi connectivity index (χ2n) is 7.05. The minimum atomic E-state index is -0.965. The fourth-order valence-electron chi connectivity index (χ4n) is 3.05. The smallest absolute Gasteiger partial charge is 0.305 e. The molecule has 3 aromatic rings. The van der Waals surface area contributed by atoms with E-state index in [1.54, 1.807) is 24.3 Å². The molecule has 166 valence electrons. The standard InChI is InChI=1S/C25H24ClNO5/c26-20-8-6-7-19(17-20)13-15-27(16-14-25(29)30)24(28)18-31-22-11-4-5-12-23(22)32-21-9-2-1-3-10-21/h1-12,17H,13-16,18H2,(H,29,30). The molecule has 1 amide bonds. The van der Waals surface area contributed by atoms with Gasteiger partial charge in [0.25, 0.3) is 5.91 Å². The van der Waals surface area contributed by atoms with Gasteiger partial charge in [-0.2, -0.15) is 0 Å². The average molecular weight is 454 g/mol. The zero-order chi connectivity index (χ0) is 22.8. The van der Waals surface area contributed by atoms with Crippen LogP contribution >= 0.6 is 11.6 Å². The number of ether oxygens (including phenoxy) is 2. The first-order valence-corrected chi connectivity index (χ1v) is 10.6. The largest absolute Gasteiger partial charge is 0.481 e. The van der Waals surface area contributed by atoms with E-state index in [0.29, 0.717) is 35.2 Å². The van der Waals surface area contributed by atoms with Crippen LogP contribution in [-0.4, -0.2) is 41.6 Å². The van der Waals surface area contributed by atoms with Gasteiger partial charge in [0.15, 0.2) is 18.1 Å². The van der Waals surface area contributed by atoms with E-state index in [4.69, 9.17) is 26.2 Å². The van der Waals surface area contributed by atoms with Crippen molar-refractivity contribution in [3.63, 3.8) is 0 Å². The Morgan fingerprint density at radius 1 is 0.875 bits per heavy atom. The van der Waals surface area contributed by atoms with Crippen molar-refractivity contribution in [1.29, 1.82) is 0 Å². The van der Waals surface area contributed by atoms with E-state index >= 15 is 0 Å². The fraction of sp³-hybridized carbons (Fsp3) is 0.200. The molecule has 0 saturated carbocycles. The highest BCUT2D eigenvalue weighted by molar-refractivity contribution is 6.30. The van der Waals surface area contributed by atoms with Crippen molar-refractivity contribution in [2.45, 2.75) is 12.8 Å². The minimum absolute atomic E-state index is 0.0975. The number of rotatable bonds is 11. The van der Waals surface area contributed by atoms with Gasteiger partial charge in [-0.1, -0.05) is 54.1 Å². The van der Waals surface area contributed by atoms with Crippen molar-refractivity contribution in [2.24, 2.45) is 0 Å². The number of carbonyl (C=O) groups is 2. The Morgan fingerprint density at radius 2 is 1.59 bits per heavy atom. The van der Waals surface area contributed by atoms with Crippen LogP contribution in [0.25, 0.3) is 0 Å². The number of carboxylic acid groups (broad SMARTS) is 1. The fourth-order valence-corrected chi connectivity index (χ4v) is 3.26. The van der Waals surface area contributed by atoms with Crippen molar-refractivity contribution in [1.82, 2.24) is 4.90 Å². The zero-order valence-corrected chi connectivity index (χ0v) is 18.2. The van der Waals surface area contributed by atoms with Gasteiger partial charge in [-0.3, -0.25) is 9.59 Å². The van der Waals surface area contributed by atoms with E-state index < -0.39 is 5.97 Å². The van der Waals surface area contributed by atoms with Crippen LogP contribution in [0.3, 0.4) is 0 Å². The SMILES string of the molecule is O=C(O)CCN(CCc1cccc(Cl)c1)C(=O)COc1ccccc1Oc1ccccc1. The number of nitrogens with zero attached hydrogens (tertiary/aromatic N) is 1. The number of hydrogen-bond donors (Lipinski definition) is 1. The second kappa shape index (κ2) is 11.8. The number of carboxylic acids is 1. The Bertz CT molecular complexity index is 1040. The number of benzene rings is 3. The quantitative estimate of drug-likeness (QED) is 0.439. The van der Waals surface area contributed by atoms with Crippen LogP contribution in [0.1, 0.15) is 12.0 Å². The number of carbonyl (C=O) groups excluding carboxylic acids is 1. The molecule has 6 nitrogen and oxygen atoms in total. The molecule has 0 atom stereocenters. The van der Waals surface area contributed by atoms with Gasteiger partial charge in [-0.25, -0.2) is 0 Å². The van der Waals surface area contributed by atoms with E-state index in [9.17, 15) is 9.59 Å². The van der Waals surface area contributed by atoms with Crippen LogP contribution in [0.5, 0.6) is 17.2 Å². The summed E-state index contributed by atoms with van der Waals surface area (Å²) in [5.41, 5.74) is 0.966. The van der Waals surface area contributed by atoms with Gasteiger partial charge in [0.05, 0.1) is 6.42 Å². The summed E-state index contributed by atoms with van der Waals surface area (Å²) in [6.07, 6.45) is 0.411. The van der Waals surface area contributed by atoms with E-state index in [0.717, 1.165) is 5.56 Å². The maximum Gasteiger partial charge on any atom is 0.305 e. The van der Waals surface area contributed by atoms with Gasteiger partial charge in [-0.05, 0) is 48.4 Å². The Hall–Kier alpha value is -3.51. The molecular formula is C25H24ClNO5. The van der Waals surface area contributed by atoms with Gasteiger partial charge in [0.1, 0.15) is 5.75 Å². The highest BCUT2D eigenvalue weighted by Crippen LogP contribution is 2.31. The Morgan fingerprint density at radius 3 is 2.31 bits per heavy atom. The molecule has 0 spiro atoms. The molecule has 0 fully saturated rings. The first-order chi connectivity index (χ1) is 15.5. The molecule has 3 aromatic carbocycles. The molecule has 1 N–H and O–H groups in total. The molecular weight excluding hydrogens is 430 g/mol. The molecule has 7 heteroatoms.